The van der Waals surface area contributed by atoms with Crippen LogP contribution in [0.25, 0.3) is 0 Å². The van der Waals surface area contributed by atoms with Gasteiger partial charge in [-0.15, -0.1) is 0 Å². The van der Waals surface area contributed by atoms with E-state index in [9.17, 15) is 4.79 Å². The van der Waals surface area contributed by atoms with Crippen LogP contribution in [0.1, 0.15) is 23.0 Å². The number of nitrogens with zero attached hydrogens (tertiary/aromatic N) is 5. The van der Waals surface area contributed by atoms with Gasteiger partial charge < -0.3 is 14.7 Å². The molecule has 2 aromatic rings. The number of carbonyl (C=O) groups excluding carboxylic acids is 1. The van der Waals surface area contributed by atoms with Gasteiger partial charge in [-0.3, -0.25) is 4.79 Å². The van der Waals surface area contributed by atoms with E-state index in [-0.39, 0.29) is 5.91 Å². The zero-order valence-corrected chi connectivity index (χ0v) is 14.9. The smallest absolute Gasteiger partial charge is 0.272 e. The lowest BCUT2D eigenvalue weighted by atomic mass is 10.2. The largest absolute Gasteiger partial charge is 0.355 e. The van der Waals surface area contributed by atoms with Crippen molar-refractivity contribution in [3.63, 3.8) is 0 Å². The lowest BCUT2D eigenvalue weighted by Crippen LogP contribution is -2.48. The van der Waals surface area contributed by atoms with Crippen molar-refractivity contribution < 1.29 is 4.79 Å². The Bertz CT molecular complexity index is 698. The summed E-state index contributed by atoms with van der Waals surface area (Å²) in [5, 5.41) is 0. The Morgan fingerprint density at radius 3 is 2.52 bits per heavy atom. The van der Waals surface area contributed by atoms with E-state index in [4.69, 9.17) is 0 Å². The van der Waals surface area contributed by atoms with Gasteiger partial charge in [-0.2, -0.15) is 0 Å². The second kappa shape index (κ2) is 8.07. The van der Waals surface area contributed by atoms with Crippen molar-refractivity contribution in [1.82, 2.24) is 19.8 Å². The van der Waals surface area contributed by atoms with Crippen LogP contribution in [-0.4, -0.2) is 65.4 Å². The molecule has 2 heterocycles. The normalized spacial score (nSPS) is 15.2. The maximum atomic E-state index is 12.7. The molecule has 6 heteroatoms. The third kappa shape index (κ3) is 4.33. The molecule has 25 heavy (non-hydrogen) atoms. The van der Waals surface area contributed by atoms with Gasteiger partial charge >= 0.3 is 0 Å². The molecule has 1 amide bonds. The third-order valence-corrected chi connectivity index (χ3v) is 4.63. The zero-order chi connectivity index (χ0) is 17.6. The fourth-order valence-electron chi connectivity index (χ4n) is 3.04. The molecule has 0 N–H and O–H groups in total. The highest BCUT2D eigenvalue weighted by Gasteiger charge is 2.22. The quantitative estimate of drug-likeness (QED) is 0.833. The number of piperazine rings is 1. The van der Waals surface area contributed by atoms with Crippen LogP contribution in [0, 0.1) is 0 Å². The van der Waals surface area contributed by atoms with Crippen LogP contribution in [0.4, 0.5) is 5.82 Å². The minimum absolute atomic E-state index is 0.00693. The van der Waals surface area contributed by atoms with Crippen molar-refractivity contribution in [2.24, 2.45) is 0 Å². The summed E-state index contributed by atoms with van der Waals surface area (Å²) in [5.74, 6) is 0.752. The topological polar surface area (TPSA) is 52.6 Å². The van der Waals surface area contributed by atoms with Gasteiger partial charge in [0.15, 0.2) is 0 Å². The van der Waals surface area contributed by atoms with Crippen LogP contribution in [-0.2, 0) is 6.54 Å². The molecule has 1 fully saturated rings. The van der Waals surface area contributed by atoms with Gasteiger partial charge in [0.1, 0.15) is 17.8 Å². The fourth-order valence-corrected chi connectivity index (χ4v) is 3.04. The van der Waals surface area contributed by atoms with Crippen LogP contribution in [0.15, 0.2) is 42.7 Å². The average molecular weight is 339 g/mol. The van der Waals surface area contributed by atoms with Crippen LogP contribution < -0.4 is 4.90 Å². The molecule has 1 aliphatic heterocycles. The lowest BCUT2D eigenvalue weighted by Gasteiger charge is -2.33. The summed E-state index contributed by atoms with van der Waals surface area (Å²) in [6.07, 6.45) is 1.48. The van der Waals surface area contributed by atoms with Crippen LogP contribution in [0.3, 0.4) is 0 Å². The fraction of sp³-hybridized carbons (Fsp3) is 0.421. The van der Waals surface area contributed by atoms with Crippen molar-refractivity contribution in [2.45, 2.75) is 13.5 Å². The Hall–Kier alpha value is -2.47. The number of hydrogen-bond acceptors (Lipinski definition) is 5. The number of likely N-dealkylation sites (N-methyl/N-ethyl adjacent to an activating group) is 1. The lowest BCUT2D eigenvalue weighted by molar-refractivity contribution is 0.0637. The van der Waals surface area contributed by atoms with Gasteiger partial charge in [0.25, 0.3) is 5.91 Å². The predicted molar refractivity (Wildman–Crippen MR) is 98.6 cm³/mol. The molecular weight excluding hydrogens is 314 g/mol. The first-order valence-electron chi connectivity index (χ1n) is 8.76. The molecule has 6 nitrogen and oxygen atoms in total. The SMILES string of the molecule is CCN1CCN(C(=O)c2cc(N(C)Cc3ccccc3)ncn2)CC1. The Labute approximate surface area is 149 Å². The predicted octanol–water partition coefficient (Wildman–Crippen LogP) is 1.89. The molecular formula is C19H25N5O. The summed E-state index contributed by atoms with van der Waals surface area (Å²) in [6.45, 7) is 7.28. The van der Waals surface area contributed by atoms with E-state index in [0.29, 0.717) is 5.69 Å². The molecule has 0 saturated carbocycles. The van der Waals surface area contributed by atoms with Crippen LogP contribution in [0.5, 0.6) is 0 Å². The maximum Gasteiger partial charge on any atom is 0.272 e. The minimum atomic E-state index is -0.00693. The highest BCUT2D eigenvalue weighted by Crippen LogP contribution is 2.15. The summed E-state index contributed by atoms with van der Waals surface area (Å²) >= 11 is 0. The highest BCUT2D eigenvalue weighted by molar-refractivity contribution is 5.93. The standard InChI is InChI=1S/C19H25N5O/c1-3-23-9-11-24(12-10-23)19(25)17-13-18(21-15-20-17)22(2)14-16-7-5-4-6-8-16/h4-8,13,15H,3,9-12,14H2,1-2H3. The van der Waals surface area contributed by atoms with Gasteiger partial charge in [0, 0.05) is 45.8 Å². The molecule has 0 aliphatic carbocycles. The van der Waals surface area contributed by atoms with Crippen LogP contribution in [0.2, 0.25) is 0 Å². The first-order valence-corrected chi connectivity index (χ1v) is 8.76. The third-order valence-electron chi connectivity index (χ3n) is 4.63. The number of anilines is 1. The molecule has 0 unspecified atom stereocenters. The Morgan fingerprint density at radius 1 is 1.12 bits per heavy atom. The van der Waals surface area contributed by atoms with Crippen molar-refractivity contribution in [2.75, 3.05) is 44.7 Å². The van der Waals surface area contributed by atoms with E-state index in [0.717, 1.165) is 45.1 Å². The van der Waals surface area contributed by atoms with Gasteiger partial charge in [0.05, 0.1) is 0 Å². The van der Waals surface area contributed by atoms with Gasteiger partial charge in [-0.1, -0.05) is 37.3 Å². The van der Waals surface area contributed by atoms with Crippen molar-refractivity contribution in [3.05, 3.63) is 54.0 Å². The molecule has 0 atom stereocenters. The molecule has 0 radical (unpaired) electrons. The molecule has 1 aromatic heterocycles. The molecule has 1 aliphatic rings. The van der Waals surface area contributed by atoms with Crippen molar-refractivity contribution in [3.8, 4) is 0 Å². The first-order chi connectivity index (χ1) is 12.2. The summed E-state index contributed by atoms with van der Waals surface area (Å²) in [6, 6.07) is 12.0. The second-order valence-corrected chi connectivity index (χ2v) is 6.33. The van der Waals surface area contributed by atoms with Crippen molar-refractivity contribution in [1.29, 1.82) is 0 Å². The van der Waals surface area contributed by atoms with E-state index in [2.05, 4.69) is 33.9 Å². The monoisotopic (exact) mass is 339 g/mol. The van der Waals surface area contributed by atoms with E-state index >= 15 is 0 Å². The average Bonchev–Trinajstić information content (AvgIpc) is 2.68. The maximum absolute atomic E-state index is 12.7. The molecule has 132 valence electrons. The second-order valence-electron chi connectivity index (χ2n) is 6.33. The Morgan fingerprint density at radius 2 is 1.84 bits per heavy atom. The number of hydrogen-bond donors (Lipinski definition) is 0. The van der Waals surface area contributed by atoms with Gasteiger partial charge in [-0.25, -0.2) is 9.97 Å². The number of aromatic nitrogens is 2. The summed E-state index contributed by atoms with van der Waals surface area (Å²) in [7, 11) is 1.98. The van der Waals surface area contributed by atoms with E-state index < -0.39 is 0 Å². The molecule has 0 bridgehead atoms. The highest BCUT2D eigenvalue weighted by atomic mass is 16.2. The zero-order valence-electron chi connectivity index (χ0n) is 14.9. The number of benzene rings is 1. The Balaban J connectivity index is 1.67. The van der Waals surface area contributed by atoms with Gasteiger partial charge in [0.2, 0.25) is 0 Å². The molecule has 1 aromatic carbocycles. The molecule has 3 rings (SSSR count). The van der Waals surface area contributed by atoms with Crippen molar-refractivity contribution >= 4 is 11.7 Å². The van der Waals surface area contributed by atoms with Crippen LogP contribution >= 0.6 is 0 Å². The van der Waals surface area contributed by atoms with Gasteiger partial charge in [-0.05, 0) is 12.1 Å². The summed E-state index contributed by atoms with van der Waals surface area (Å²) < 4.78 is 0. The number of rotatable bonds is 5. The van der Waals surface area contributed by atoms with E-state index in [1.54, 1.807) is 6.07 Å². The summed E-state index contributed by atoms with van der Waals surface area (Å²) in [5.41, 5.74) is 1.67. The number of amides is 1. The summed E-state index contributed by atoms with van der Waals surface area (Å²) in [4.78, 5) is 27.5. The minimum Gasteiger partial charge on any atom is -0.355 e. The van der Waals surface area contributed by atoms with E-state index in [1.165, 1.54) is 11.9 Å². The number of carbonyl (C=O) groups is 1. The van der Waals surface area contributed by atoms with E-state index in [1.807, 2.05) is 35.0 Å². The Kier molecular flexibility index (Phi) is 5.60. The first kappa shape index (κ1) is 17.4. The molecule has 1 saturated heterocycles. The molecule has 0 spiro atoms.